The lowest BCUT2D eigenvalue weighted by molar-refractivity contribution is -0.141. The van der Waals surface area contributed by atoms with Gasteiger partial charge in [0.2, 0.25) is 17.3 Å². The van der Waals surface area contributed by atoms with E-state index in [0.717, 1.165) is 13.2 Å². The number of ether oxygens (including phenoxy) is 2. The zero-order valence-corrected chi connectivity index (χ0v) is 11.7. The molecule has 0 atom stereocenters. The fourth-order valence-electron chi connectivity index (χ4n) is 1.64. The molecule has 0 fully saturated rings. The van der Waals surface area contributed by atoms with Gasteiger partial charge in [0, 0.05) is 6.07 Å². The third-order valence-corrected chi connectivity index (χ3v) is 2.69. The molecule has 0 unspecified atom stereocenters. The van der Waals surface area contributed by atoms with Crippen LogP contribution >= 0.6 is 0 Å². The molecule has 6 nitrogen and oxygen atoms in total. The second kappa shape index (κ2) is 6.26. The first kappa shape index (κ1) is 17.4. The van der Waals surface area contributed by atoms with Gasteiger partial charge in [-0.05, 0) is 12.1 Å². The summed E-state index contributed by atoms with van der Waals surface area (Å²) < 4.78 is 74.2. The number of aromatic carboxylic acids is 1. The lowest BCUT2D eigenvalue weighted by atomic mass is 10.2. The van der Waals surface area contributed by atoms with Gasteiger partial charge < -0.3 is 14.6 Å². The number of benzene rings is 1. The number of methoxy groups -OCH3 is 1. The highest BCUT2D eigenvalue weighted by Crippen LogP contribution is 2.37. The van der Waals surface area contributed by atoms with Crippen LogP contribution in [0.2, 0.25) is 0 Å². The summed E-state index contributed by atoms with van der Waals surface area (Å²) in [6, 6.07) is 1.76. The molecule has 1 heterocycles. The summed E-state index contributed by atoms with van der Waals surface area (Å²) in [5.74, 6) is -6.63. The van der Waals surface area contributed by atoms with E-state index in [9.17, 15) is 26.7 Å². The minimum atomic E-state index is -4.92. The average Bonchev–Trinajstić information content (AvgIpc) is 2.50. The number of nitrogens with zero attached hydrogens (tertiary/aromatic N) is 2. The molecule has 2 aromatic rings. The van der Waals surface area contributed by atoms with E-state index in [2.05, 4.69) is 14.9 Å². The van der Waals surface area contributed by atoms with Gasteiger partial charge in [0.25, 0.3) is 0 Å². The Labute approximate surface area is 130 Å². The zero-order valence-electron chi connectivity index (χ0n) is 11.7. The van der Waals surface area contributed by atoms with Crippen molar-refractivity contribution in [3.63, 3.8) is 0 Å². The monoisotopic (exact) mass is 350 g/mol. The highest BCUT2D eigenvalue weighted by molar-refractivity contribution is 5.88. The van der Waals surface area contributed by atoms with E-state index in [1.54, 1.807) is 0 Å². The first-order valence-electron chi connectivity index (χ1n) is 6.03. The molecule has 0 saturated carbocycles. The van der Waals surface area contributed by atoms with E-state index < -0.39 is 52.4 Å². The minimum absolute atomic E-state index is 0.275. The molecule has 1 aromatic heterocycles. The molecule has 1 aromatic carbocycles. The number of rotatable bonds is 4. The normalized spacial score (nSPS) is 11.2. The molecule has 0 radical (unpaired) electrons. The summed E-state index contributed by atoms with van der Waals surface area (Å²) >= 11 is 0. The Hall–Kier alpha value is -2.98. The number of hydrogen-bond donors (Lipinski definition) is 1. The van der Waals surface area contributed by atoms with E-state index in [4.69, 9.17) is 9.84 Å². The Bertz CT molecular complexity index is 795. The van der Waals surface area contributed by atoms with Gasteiger partial charge in [0.15, 0.2) is 23.0 Å². The maximum Gasteiger partial charge on any atom is 0.435 e. The number of carboxylic acid groups (broad SMARTS) is 1. The third kappa shape index (κ3) is 3.34. The van der Waals surface area contributed by atoms with Crippen LogP contribution < -0.4 is 9.47 Å². The van der Waals surface area contributed by atoms with E-state index in [0.29, 0.717) is 6.07 Å². The van der Waals surface area contributed by atoms with Gasteiger partial charge >= 0.3 is 12.1 Å². The molecule has 0 aliphatic heterocycles. The van der Waals surface area contributed by atoms with Crippen LogP contribution in [0.4, 0.5) is 22.0 Å². The summed E-state index contributed by atoms with van der Waals surface area (Å²) in [7, 11) is 0.967. The number of halogens is 5. The molecular formula is C13H7F5N2O4. The van der Waals surface area contributed by atoms with Gasteiger partial charge in [-0.2, -0.15) is 17.6 Å². The number of hydrogen-bond acceptors (Lipinski definition) is 5. The Kier molecular flexibility index (Phi) is 4.53. The molecular weight excluding hydrogens is 343 g/mol. The highest BCUT2D eigenvalue weighted by atomic mass is 19.4. The van der Waals surface area contributed by atoms with Crippen LogP contribution in [0, 0.1) is 11.6 Å². The second-order valence-electron chi connectivity index (χ2n) is 4.24. The molecule has 0 bridgehead atoms. The Morgan fingerprint density at radius 1 is 1.17 bits per heavy atom. The Morgan fingerprint density at radius 2 is 1.83 bits per heavy atom. The fraction of sp³-hybridized carbons (Fsp3) is 0.154. The molecule has 0 spiro atoms. The van der Waals surface area contributed by atoms with Gasteiger partial charge in [-0.1, -0.05) is 0 Å². The first-order valence-corrected chi connectivity index (χ1v) is 6.03. The van der Waals surface area contributed by atoms with Crippen molar-refractivity contribution in [3.05, 3.63) is 41.2 Å². The second-order valence-corrected chi connectivity index (χ2v) is 4.24. The predicted octanol–water partition coefficient (Wildman–Crippen LogP) is 3.27. The van der Waals surface area contributed by atoms with Crippen molar-refractivity contribution in [1.29, 1.82) is 0 Å². The molecule has 0 aliphatic rings. The summed E-state index contributed by atoms with van der Waals surface area (Å²) in [6.07, 6.45) is -4.92. The van der Waals surface area contributed by atoms with Gasteiger partial charge in [-0.15, -0.1) is 10.2 Å². The lowest BCUT2D eigenvalue weighted by Crippen LogP contribution is -2.13. The van der Waals surface area contributed by atoms with Crippen molar-refractivity contribution >= 4 is 5.97 Å². The average molecular weight is 350 g/mol. The molecule has 0 saturated heterocycles. The number of carboxylic acids is 1. The number of alkyl halides is 3. The Morgan fingerprint density at radius 3 is 2.38 bits per heavy atom. The van der Waals surface area contributed by atoms with Gasteiger partial charge in [0.05, 0.1) is 7.11 Å². The zero-order chi connectivity index (χ0) is 18.1. The van der Waals surface area contributed by atoms with E-state index in [1.165, 1.54) is 0 Å². The molecule has 11 heteroatoms. The fourth-order valence-corrected chi connectivity index (χ4v) is 1.64. The topological polar surface area (TPSA) is 81.5 Å². The van der Waals surface area contributed by atoms with E-state index in [1.807, 2.05) is 0 Å². The number of aromatic nitrogens is 2. The van der Waals surface area contributed by atoms with E-state index >= 15 is 0 Å². The standard InChI is InChI=1S/C13H7F5N2O4/c1-23-11-6(3-2-5(14)9(11)15)24-7-4-8(13(16,17)18)19-20-10(7)12(21)22/h2-4H,1H3,(H,21,22). The van der Waals surface area contributed by atoms with Crippen molar-refractivity contribution in [3.8, 4) is 17.2 Å². The van der Waals surface area contributed by atoms with Crippen LogP contribution in [0.5, 0.6) is 17.2 Å². The molecule has 24 heavy (non-hydrogen) atoms. The maximum atomic E-state index is 13.6. The Balaban J connectivity index is 2.56. The van der Waals surface area contributed by atoms with Crippen LogP contribution in [0.25, 0.3) is 0 Å². The predicted molar refractivity (Wildman–Crippen MR) is 67.0 cm³/mol. The third-order valence-electron chi connectivity index (χ3n) is 2.69. The maximum absolute atomic E-state index is 13.6. The van der Waals surface area contributed by atoms with Crippen molar-refractivity contribution in [2.75, 3.05) is 7.11 Å². The summed E-state index contributed by atoms with van der Waals surface area (Å²) in [5.41, 5.74) is -2.47. The summed E-state index contributed by atoms with van der Waals surface area (Å²) in [6.45, 7) is 0. The highest BCUT2D eigenvalue weighted by Gasteiger charge is 2.35. The largest absolute Gasteiger partial charge is 0.490 e. The van der Waals surface area contributed by atoms with Crippen molar-refractivity contribution < 1.29 is 41.3 Å². The first-order chi connectivity index (χ1) is 11.1. The number of carbonyl (C=O) groups is 1. The lowest BCUT2D eigenvalue weighted by Gasteiger charge is -2.13. The molecule has 0 amide bonds. The van der Waals surface area contributed by atoms with Crippen LogP contribution in [-0.4, -0.2) is 28.4 Å². The van der Waals surface area contributed by atoms with Crippen LogP contribution in [-0.2, 0) is 6.18 Å². The van der Waals surface area contributed by atoms with Crippen LogP contribution in [0.15, 0.2) is 18.2 Å². The van der Waals surface area contributed by atoms with Crippen LogP contribution in [0.3, 0.4) is 0 Å². The van der Waals surface area contributed by atoms with Crippen molar-refractivity contribution in [1.82, 2.24) is 10.2 Å². The molecule has 0 aliphatic carbocycles. The van der Waals surface area contributed by atoms with Gasteiger partial charge in [-0.3, -0.25) is 0 Å². The van der Waals surface area contributed by atoms with Crippen LogP contribution in [0.1, 0.15) is 16.2 Å². The van der Waals surface area contributed by atoms with Gasteiger partial charge in [0.1, 0.15) is 0 Å². The molecule has 1 N–H and O–H groups in total. The van der Waals surface area contributed by atoms with Gasteiger partial charge in [-0.25, -0.2) is 9.18 Å². The van der Waals surface area contributed by atoms with E-state index in [-0.39, 0.29) is 6.07 Å². The SMILES string of the molecule is COc1c(Oc2cc(C(F)(F)F)nnc2C(=O)O)ccc(F)c1F. The summed E-state index contributed by atoms with van der Waals surface area (Å²) in [5, 5.41) is 14.6. The smallest absolute Gasteiger partial charge is 0.435 e. The summed E-state index contributed by atoms with van der Waals surface area (Å²) in [4.78, 5) is 11.0. The molecule has 2 rings (SSSR count). The quantitative estimate of drug-likeness (QED) is 0.853. The van der Waals surface area contributed by atoms with Crippen molar-refractivity contribution in [2.45, 2.75) is 6.18 Å². The van der Waals surface area contributed by atoms with Crippen molar-refractivity contribution in [2.24, 2.45) is 0 Å². The molecule has 128 valence electrons. The minimum Gasteiger partial charge on any atom is -0.490 e.